The Labute approximate surface area is 199 Å². The third-order valence-corrected chi connectivity index (χ3v) is 6.01. The molecule has 9 nitrogen and oxygen atoms in total. The molecule has 0 spiro atoms. The fourth-order valence-corrected chi connectivity index (χ4v) is 4.40. The van der Waals surface area contributed by atoms with Gasteiger partial charge in [-0.05, 0) is 39.2 Å². The highest BCUT2D eigenvalue weighted by Gasteiger charge is 2.38. The number of aromatic nitrogens is 2. The van der Waals surface area contributed by atoms with Gasteiger partial charge in [-0.25, -0.2) is 14.2 Å². The summed E-state index contributed by atoms with van der Waals surface area (Å²) in [6.07, 6.45) is -4.86. The number of nitrogens with zero attached hydrogens (tertiary/aromatic N) is 5. The van der Waals surface area contributed by atoms with Crippen molar-refractivity contribution in [1.29, 1.82) is 0 Å². The van der Waals surface area contributed by atoms with Gasteiger partial charge in [-0.3, -0.25) is 14.3 Å². The van der Waals surface area contributed by atoms with E-state index < -0.39 is 29.5 Å². The van der Waals surface area contributed by atoms with Crippen LogP contribution in [0.2, 0.25) is 0 Å². The molecule has 4 rings (SSSR count). The van der Waals surface area contributed by atoms with Crippen LogP contribution in [-0.2, 0) is 30.5 Å². The number of hydroxylamine groups is 2. The Kier molecular flexibility index (Phi) is 6.49. The van der Waals surface area contributed by atoms with Crippen molar-refractivity contribution in [1.82, 2.24) is 24.6 Å². The number of urea groups is 1. The lowest BCUT2D eigenvalue weighted by atomic mass is 9.99. The summed E-state index contributed by atoms with van der Waals surface area (Å²) in [6, 6.07) is 1.27. The number of fused-ring (bicyclic) bond motifs is 3. The number of hydrogen-bond donors (Lipinski definition) is 1. The van der Waals surface area contributed by atoms with E-state index in [1.807, 2.05) is 19.0 Å². The van der Waals surface area contributed by atoms with E-state index in [0.29, 0.717) is 48.6 Å². The molecule has 0 saturated heterocycles. The van der Waals surface area contributed by atoms with E-state index in [1.54, 1.807) is 11.6 Å². The minimum Gasteiger partial charge on any atom is -0.317 e. The number of benzene rings is 1. The molecule has 0 bridgehead atoms. The fraction of sp³-hybridized carbons (Fsp3) is 0.500. The SMILES string of the molecule is C[C@@H]1Cc2nn3c(c2CN1C(=O)Nc1ccc(F)c(C(F)(F)F)c1)C(=O)N(C)O[C@H](CN(C)C)C3. The maximum atomic E-state index is 13.6. The first-order valence-corrected chi connectivity index (χ1v) is 11.0. The molecule has 13 heteroatoms. The summed E-state index contributed by atoms with van der Waals surface area (Å²) in [5, 5.41) is 8.19. The van der Waals surface area contributed by atoms with Gasteiger partial charge in [0.1, 0.15) is 17.6 Å². The number of alkyl halides is 3. The first kappa shape index (κ1) is 24.9. The summed E-state index contributed by atoms with van der Waals surface area (Å²) in [6.45, 7) is 2.71. The summed E-state index contributed by atoms with van der Waals surface area (Å²) in [5.41, 5.74) is -0.0859. The molecular formula is C22H26F4N6O3. The van der Waals surface area contributed by atoms with Crippen LogP contribution in [0, 0.1) is 5.82 Å². The molecule has 1 N–H and O–H groups in total. The van der Waals surface area contributed by atoms with Crippen molar-refractivity contribution in [3.8, 4) is 0 Å². The van der Waals surface area contributed by atoms with Gasteiger partial charge in [0.05, 0.1) is 24.3 Å². The van der Waals surface area contributed by atoms with Crippen LogP contribution in [-0.4, -0.2) is 76.4 Å². The Bertz CT molecular complexity index is 1150. The zero-order chi connectivity index (χ0) is 25.7. The highest BCUT2D eigenvalue weighted by molar-refractivity contribution is 5.94. The maximum absolute atomic E-state index is 13.6. The van der Waals surface area contributed by atoms with Crippen molar-refractivity contribution in [3.05, 3.63) is 46.5 Å². The normalized spacial score (nSPS) is 20.5. The molecule has 0 aliphatic carbocycles. The zero-order valence-electron chi connectivity index (χ0n) is 19.7. The highest BCUT2D eigenvalue weighted by atomic mass is 19.4. The monoisotopic (exact) mass is 498 g/mol. The largest absolute Gasteiger partial charge is 0.419 e. The number of anilines is 1. The van der Waals surface area contributed by atoms with Crippen molar-refractivity contribution in [2.45, 2.75) is 44.8 Å². The standard InChI is InChI=1S/C22H26F4N6O3/c1-12-7-18-15(19-20(33)30(4)35-14(9-29(2)3)10-32(19)28-18)11-31(12)21(34)27-13-5-6-17(23)16(8-13)22(24,25)26/h5-6,8,12,14H,7,9-11H2,1-4H3,(H,27,34)/t12-,14-/m1/s1. The number of likely N-dealkylation sites (N-methyl/N-ethyl adjacent to an activating group) is 1. The second kappa shape index (κ2) is 9.11. The average molecular weight is 498 g/mol. The van der Waals surface area contributed by atoms with Crippen molar-refractivity contribution in [2.75, 3.05) is 33.0 Å². The molecule has 1 aromatic heterocycles. The second-order valence-corrected chi connectivity index (χ2v) is 9.05. The van der Waals surface area contributed by atoms with Gasteiger partial charge < -0.3 is 15.1 Å². The summed E-state index contributed by atoms with van der Waals surface area (Å²) in [7, 11) is 5.30. The van der Waals surface area contributed by atoms with Crippen LogP contribution < -0.4 is 5.32 Å². The number of hydrogen-bond acceptors (Lipinski definition) is 5. The van der Waals surface area contributed by atoms with Crippen LogP contribution in [0.4, 0.5) is 28.0 Å². The molecule has 2 aliphatic rings. The third kappa shape index (κ3) is 4.96. The molecule has 2 atom stereocenters. The molecule has 0 radical (unpaired) electrons. The molecule has 2 aliphatic heterocycles. The number of halogens is 4. The van der Waals surface area contributed by atoms with Crippen molar-refractivity contribution >= 4 is 17.6 Å². The molecule has 0 fully saturated rings. The van der Waals surface area contributed by atoms with Crippen molar-refractivity contribution < 1.29 is 32.0 Å². The van der Waals surface area contributed by atoms with Gasteiger partial charge in [-0.1, -0.05) is 0 Å². The van der Waals surface area contributed by atoms with E-state index in [-0.39, 0.29) is 24.4 Å². The lowest BCUT2D eigenvalue weighted by molar-refractivity contribution is -0.152. The lowest BCUT2D eigenvalue weighted by Crippen LogP contribution is -2.45. The van der Waals surface area contributed by atoms with Crippen LogP contribution in [0.3, 0.4) is 0 Å². The van der Waals surface area contributed by atoms with Crippen LogP contribution in [0.15, 0.2) is 18.2 Å². The predicted octanol–water partition coefficient (Wildman–Crippen LogP) is 2.97. The number of rotatable bonds is 3. The Morgan fingerprint density at radius 3 is 2.69 bits per heavy atom. The Morgan fingerprint density at radius 2 is 2.03 bits per heavy atom. The first-order valence-electron chi connectivity index (χ1n) is 11.0. The van der Waals surface area contributed by atoms with Gasteiger partial charge in [0.2, 0.25) is 0 Å². The smallest absolute Gasteiger partial charge is 0.317 e. The summed E-state index contributed by atoms with van der Waals surface area (Å²) in [5.74, 6) is -1.82. The van der Waals surface area contributed by atoms with Crippen molar-refractivity contribution in [3.63, 3.8) is 0 Å². The van der Waals surface area contributed by atoms with Gasteiger partial charge >= 0.3 is 12.2 Å². The summed E-state index contributed by atoms with van der Waals surface area (Å²) >= 11 is 0. The molecule has 3 amide bonds. The van der Waals surface area contributed by atoms with Crippen molar-refractivity contribution in [2.24, 2.45) is 0 Å². The number of nitrogens with one attached hydrogen (secondary N) is 1. The van der Waals surface area contributed by atoms with E-state index in [1.165, 1.54) is 11.9 Å². The third-order valence-electron chi connectivity index (χ3n) is 6.01. The van der Waals surface area contributed by atoms with E-state index in [4.69, 9.17) is 4.84 Å². The number of amides is 3. The van der Waals surface area contributed by atoms with E-state index in [9.17, 15) is 27.2 Å². The van der Waals surface area contributed by atoms with Crippen LogP contribution >= 0.6 is 0 Å². The Balaban J connectivity index is 1.59. The molecule has 2 aromatic rings. The average Bonchev–Trinajstić information content (AvgIpc) is 3.03. The summed E-state index contributed by atoms with van der Waals surface area (Å²) in [4.78, 5) is 35.2. The quantitative estimate of drug-likeness (QED) is 0.659. The van der Waals surface area contributed by atoms with Crippen LogP contribution in [0.25, 0.3) is 0 Å². The number of carbonyl (C=O) groups excluding carboxylic acids is 2. The minimum atomic E-state index is -4.90. The molecule has 190 valence electrons. The van der Waals surface area contributed by atoms with Gasteiger partial charge in [0, 0.05) is 37.3 Å². The molecule has 35 heavy (non-hydrogen) atoms. The van der Waals surface area contributed by atoms with Crippen LogP contribution in [0.5, 0.6) is 0 Å². The molecule has 0 saturated carbocycles. The first-order chi connectivity index (χ1) is 16.3. The predicted molar refractivity (Wildman–Crippen MR) is 117 cm³/mol. The van der Waals surface area contributed by atoms with E-state index in [2.05, 4.69) is 10.4 Å². The zero-order valence-corrected chi connectivity index (χ0v) is 19.7. The van der Waals surface area contributed by atoms with E-state index in [0.717, 1.165) is 11.1 Å². The van der Waals surface area contributed by atoms with E-state index >= 15 is 0 Å². The van der Waals surface area contributed by atoms with Crippen LogP contribution in [0.1, 0.15) is 34.2 Å². The minimum absolute atomic E-state index is 0.0307. The number of carbonyl (C=O) groups is 2. The fourth-order valence-electron chi connectivity index (χ4n) is 4.40. The molecular weight excluding hydrogens is 472 g/mol. The molecule has 1 aromatic carbocycles. The topological polar surface area (TPSA) is 82.9 Å². The van der Waals surface area contributed by atoms with Gasteiger partial charge in [-0.2, -0.15) is 18.3 Å². The lowest BCUT2D eigenvalue weighted by Gasteiger charge is -2.33. The van der Waals surface area contributed by atoms with Gasteiger partial charge in [0.25, 0.3) is 5.91 Å². The molecule has 0 unspecified atom stereocenters. The Morgan fingerprint density at radius 1 is 1.31 bits per heavy atom. The highest BCUT2D eigenvalue weighted by Crippen LogP contribution is 2.34. The van der Waals surface area contributed by atoms with Gasteiger partial charge in [-0.15, -0.1) is 0 Å². The summed E-state index contributed by atoms with van der Waals surface area (Å²) < 4.78 is 54.4. The van der Waals surface area contributed by atoms with Gasteiger partial charge in [0.15, 0.2) is 0 Å². The Hall–Kier alpha value is -3.19. The molecule has 3 heterocycles. The maximum Gasteiger partial charge on any atom is 0.419 e. The second-order valence-electron chi connectivity index (χ2n) is 9.05.